The SMILES string of the molecule is CCCCNC(=O)C(C)Oc1c(Cl)cc(Cl)cc1CO. The van der Waals surface area contributed by atoms with Gasteiger partial charge in [-0.25, -0.2) is 0 Å². The van der Waals surface area contributed by atoms with Crippen LogP contribution in [0.2, 0.25) is 10.0 Å². The largest absolute Gasteiger partial charge is 0.479 e. The lowest BCUT2D eigenvalue weighted by molar-refractivity contribution is -0.127. The summed E-state index contributed by atoms with van der Waals surface area (Å²) >= 11 is 11.9. The van der Waals surface area contributed by atoms with Crippen molar-refractivity contribution in [3.05, 3.63) is 27.7 Å². The highest BCUT2D eigenvalue weighted by Gasteiger charge is 2.18. The summed E-state index contributed by atoms with van der Waals surface area (Å²) in [4.78, 5) is 11.8. The van der Waals surface area contributed by atoms with Gasteiger partial charge in [-0.3, -0.25) is 4.79 Å². The van der Waals surface area contributed by atoms with E-state index in [1.54, 1.807) is 13.0 Å². The number of rotatable bonds is 7. The van der Waals surface area contributed by atoms with Crippen LogP contribution in [0, 0.1) is 0 Å². The molecule has 1 amide bonds. The summed E-state index contributed by atoms with van der Waals surface area (Å²) in [5, 5.41) is 12.8. The Morgan fingerprint density at radius 3 is 2.75 bits per heavy atom. The Hall–Kier alpha value is -0.970. The molecule has 1 aromatic carbocycles. The van der Waals surface area contributed by atoms with Crippen molar-refractivity contribution in [3.8, 4) is 5.75 Å². The van der Waals surface area contributed by atoms with Gasteiger partial charge in [0.2, 0.25) is 0 Å². The van der Waals surface area contributed by atoms with Gasteiger partial charge in [0.1, 0.15) is 5.75 Å². The Labute approximate surface area is 129 Å². The highest BCUT2D eigenvalue weighted by molar-refractivity contribution is 6.35. The number of hydrogen-bond donors (Lipinski definition) is 2. The molecule has 0 bridgehead atoms. The van der Waals surface area contributed by atoms with Gasteiger partial charge in [-0.1, -0.05) is 36.5 Å². The summed E-state index contributed by atoms with van der Waals surface area (Å²) in [5.41, 5.74) is 0.454. The van der Waals surface area contributed by atoms with Gasteiger partial charge in [-0.15, -0.1) is 0 Å². The van der Waals surface area contributed by atoms with E-state index in [-0.39, 0.29) is 23.3 Å². The van der Waals surface area contributed by atoms with Gasteiger partial charge in [-0.2, -0.15) is 0 Å². The third kappa shape index (κ3) is 4.85. The van der Waals surface area contributed by atoms with E-state index in [2.05, 4.69) is 5.32 Å². The second-order valence-electron chi connectivity index (χ2n) is 4.44. The Kier molecular flexibility index (Phi) is 7.13. The molecule has 0 saturated carbocycles. The number of unbranched alkanes of at least 4 members (excludes halogenated alkanes) is 1. The number of aliphatic hydroxyl groups is 1. The highest BCUT2D eigenvalue weighted by atomic mass is 35.5. The van der Waals surface area contributed by atoms with Crippen molar-refractivity contribution in [2.75, 3.05) is 6.54 Å². The normalized spacial score (nSPS) is 12.1. The van der Waals surface area contributed by atoms with E-state index in [1.165, 1.54) is 6.07 Å². The average Bonchev–Trinajstić information content (AvgIpc) is 2.41. The smallest absolute Gasteiger partial charge is 0.260 e. The van der Waals surface area contributed by atoms with E-state index in [1.807, 2.05) is 6.92 Å². The topological polar surface area (TPSA) is 58.6 Å². The molecule has 0 fully saturated rings. The monoisotopic (exact) mass is 319 g/mol. The maximum atomic E-state index is 11.8. The standard InChI is InChI=1S/C14H19Cl2NO3/c1-3-4-5-17-14(19)9(2)20-13-10(8-18)6-11(15)7-12(13)16/h6-7,9,18H,3-5,8H2,1-2H3,(H,17,19). The molecule has 0 aromatic heterocycles. The van der Waals surface area contributed by atoms with E-state index < -0.39 is 6.10 Å². The predicted octanol–water partition coefficient (Wildman–Crippen LogP) is 3.17. The number of carbonyl (C=O) groups is 1. The fourth-order valence-electron chi connectivity index (χ4n) is 1.63. The maximum absolute atomic E-state index is 11.8. The number of halogens is 2. The van der Waals surface area contributed by atoms with Crippen molar-refractivity contribution in [2.24, 2.45) is 0 Å². The fourth-order valence-corrected chi connectivity index (χ4v) is 2.21. The molecule has 0 spiro atoms. The maximum Gasteiger partial charge on any atom is 0.260 e. The predicted molar refractivity (Wildman–Crippen MR) is 80.4 cm³/mol. The van der Waals surface area contributed by atoms with Gasteiger partial charge < -0.3 is 15.2 Å². The number of amides is 1. The zero-order valence-corrected chi connectivity index (χ0v) is 13.1. The quantitative estimate of drug-likeness (QED) is 0.759. The molecule has 1 unspecified atom stereocenters. The molecular formula is C14H19Cl2NO3. The number of hydrogen-bond acceptors (Lipinski definition) is 3. The summed E-state index contributed by atoms with van der Waals surface area (Å²) in [6.07, 6.45) is 1.23. The number of nitrogens with one attached hydrogen (secondary N) is 1. The van der Waals surface area contributed by atoms with Gasteiger partial charge >= 0.3 is 0 Å². The minimum Gasteiger partial charge on any atom is -0.479 e. The lowest BCUT2D eigenvalue weighted by Gasteiger charge is -2.18. The first-order valence-corrected chi connectivity index (χ1v) is 7.28. The van der Waals surface area contributed by atoms with Crippen LogP contribution in [-0.4, -0.2) is 23.7 Å². The number of benzene rings is 1. The number of ether oxygens (including phenoxy) is 1. The second-order valence-corrected chi connectivity index (χ2v) is 5.28. The number of aliphatic hydroxyl groups excluding tert-OH is 1. The van der Waals surface area contributed by atoms with Crippen molar-refractivity contribution in [3.63, 3.8) is 0 Å². The van der Waals surface area contributed by atoms with Crippen LogP contribution in [0.25, 0.3) is 0 Å². The second kappa shape index (κ2) is 8.35. The lowest BCUT2D eigenvalue weighted by atomic mass is 10.2. The van der Waals surface area contributed by atoms with Crippen molar-refractivity contribution in [1.29, 1.82) is 0 Å². The minimum absolute atomic E-state index is 0.214. The van der Waals surface area contributed by atoms with Gasteiger partial charge in [0.25, 0.3) is 5.91 Å². The molecule has 6 heteroatoms. The molecule has 0 saturated heterocycles. The Balaban J connectivity index is 2.74. The van der Waals surface area contributed by atoms with Crippen LogP contribution in [0.3, 0.4) is 0 Å². The summed E-state index contributed by atoms with van der Waals surface area (Å²) in [7, 11) is 0. The Bertz CT molecular complexity index is 466. The van der Waals surface area contributed by atoms with E-state index in [0.717, 1.165) is 12.8 Å². The molecule has 1 rings (SSSR count). The fraction of sp³-hybridized carbons (Fsp3) is 0.500. The van der Waals surface area contributed by atoms with Crippen molar-refractivity contribution in [1.82, 2.24) is 5.32 Å². The average molecular weight is 320 g/mol. The van der Waals surface area contributed by atoms with Gasteiger partial charge in [-0.05, 0) is 25.5 Å². The molecule has 112 valence electrons. The molecule has 0 heterocycles. The van der Waals surface area contributed by atoms with E-state index >= 15 is 0 Å². The zero-order chi connectivity index (χ0) is 15.1. The molecule has 4 nitrogen and oxygen atoms in total. The first kappa shape index (κ1) is 17.1. The van der Waals surface area contributed by atoms with Crippen molar-refractivity contribution in [2.45, 2.75) is 39.4 Å². The van der Waals surface area contributed by atoms with Crippen LogP contribution in [0.4, 0.5) is 0 Å². The molecule has 20 heavy (non-hydrogen) atoms. The Morgan fingerprint density at radius 1 is 1.45 bits per heavy atom. The summed E-state index contributed by atoms with van der Waals surface area (Å²) < 4.78 is 5.55. The van der Waals surface area contributed by atoms with Gasteiger partial charge in [0.05, 0.1) is 11.6 Å². The van der Waals surface area contributed by atoms with Crippen molar-refractivity contribution < 1.29 is 14.6 Å². The number of carbonyl (C=O) groups excluding carboxylic acids is 1. The van der Waals surface area contributed by atoms with Gasteiger partial charge in [0, 0.05) is 17.1 Å². The zero-order valence-electron chi connectivity index (χ0n) is 11.6. The first-order chi connectivity index (χ1) is 9.49. The third-order valence-corrected chi connectivity index (χ3v) is 3.25. The van der Waals surface area contributed by atoms with Crippen LogP contribution >= 0.6 is 23.2 Å². The van der Waals surface area contributed by atoms with Crippen LogP contribution in [0.15, 0.2) is 12.1 Å². The van der Waals surface area contributed by atoms with E-state index in [4.69, 9.17) is 27.9 Å². The molecule has 0 aliphatic rings. The molecule has 0 aliphatic heterocycles. The van der Waals surface area contributed by atoms with E-state index in [9.17, 15) is 9.90 Å². The molecule has 0 aliphatic carbocycles. The minimum atomic E-state index is -0.698. The van der Waals surface area contributed by atoms with Crippen LogP contribution in [0.1, 0.15) is 32.3 Å². The molecule has 1 aromatic rings. The third-order valence-electron chi connectivity index (χ3n) is 2.75. The lowest BCUT2D eigenvalue weighted by Crippen LogP contribution is -2.37. The molecule has 1 atom stereocenters. The van der Waals surface area contributed by atoms with E-state index in [0.29, 0.717) is 17.1 Å². The van der Waals surface area contributed by atoms with Crippen LogP contribution < -0.4 is 10.1 Å². The van der Waals surface area contributed by atoms with Gasteiger partial charge in [0.15, 0.2) is 6.10 Å². The first-order valence-electron chi connectivity index (χ1n) is 6.52. The summed E-state index contributed by atoms with van der Waals surface area (Å²) in [5.74, 6) is 0.0741. The van der Waals surface area contributed by atoms with Crippen molar-refractivity contribution >= 4 is 29.1 Å². The summed E-state index contributed by atoms with van der Waals surface area (Å²) in [6.45, 7) is 4.03. The molecular weight excluding hydrogens is 301 g/mol. The van der Waals surface area contributed by atoms with Crippen LogP contribution in [-0.2, 0) is 11.4 Å². The van der Waals surface area contributed by atoms with Crippen LogP contribution in [0.5, 0.6) is 5.75 Å². The molecule has 0 radical (unpaired) electrons. The highest BCUT2D eigenvalue weighted by Crippen LogP contribution is 2.33. The Morgan fingerprint density at radius 2 is 2.15 bits per heavy atom. The summed E-state index contributed by atoms with van der Waals surface area (Å²) in [6, 6.07) is 3.07. The molecule has 2 N–H and O–H groups in total.